The molecule has 13 heavy (non-hydrogen) atoms. The summed E-state index contributed by atoms with van der Waals surface area (Å²) in [5.74, 6) is -0.910. The Morgan fingerprint density at radius 1 is 1.62 bits per heavy atom. The molecular weight excluding hydrogens is 195 g/mol. The first kappa shape index (κ1) is 9.48. The minimum Gasteiger partial charge on any atom is -0.258 e. The maximum Gasteiger partial charge on any atom is 0.285 e. The summed E-state index contributed by atoms with van der Waals surface area (Å²) < 4.78 is 12.8. The Balaban J connectivity index is 3.39. The van der Waals surface area contributed by atoms with Gasteiger partial charge in [0.2, 0.25) is 0 Å². The van der Waals surface area contributed by atoms with Crippen LogP contribution in [0.25, 0.3) is 0 Å². The smallest absolute Gasteiger partial charge is 0.258 e. The van der Waals surface area contributed by atoms with Crippen molar-refractivity contribution >= 4 is 18.3 Å². The van der Waals surface area contributed by atoms with E-state index in [9.17, 15) is 14.5 Å². The summed E-state index contributed by atoms with van der Waals surface area (Å²) in [4.78, 5) is 9.50. The predicted octanol–water partition coefficient (Wildman–Crippen LogP) is 1.89. The molecule has 0 atom stereocenters. The average Bonchev–Trinajstić information content (AvgIpc) is 2.07. The highest BCUT2D eigenvalue weighted by Gasteiger charge is 2.15. The van der Waals surface area contributed by atoms with Gasteiger partial charge in [0.05, 0.1) is 21.4 Å². The SMILES string of the molecule is N#Cc1cc(S)c([N+](=O)[O-])cc1F. The minimum absolute atomic E-state index is 0.0250. The molecule has 0 amide bonds. The minimum atomic E-state index is -0.910. The number of benzene rings is 1. The number of hydrogen-bond acceptors (Lipinski definition) is 4. The molecule has 0 heterocycles. The second kappa shape index (κ2) is 3.41. The number of nitrogens with zero attached hydrogens (tertiary/aromatic N) is 2. The second-order valence-corrected chi connectivity index (χ2v) is 2.67. The van der Waals surface area contributed by atoms with Crippen molar-refractivity contribution < 1.29 is 9.31 Å². The molecule has 1 aromatic rings. The fourth-order valence-electron chi connectivity index (χ4n) is 0.783. The Morgan fingerprint density at radius 2 is 2.23 bits per heavy atom. The van der Waals surface area contributed by atoms with Crippen molar-refractivity contribution in [2.75, 3.05) is 0 Å². The molecule has 4 nitrogen and oxygen atoms in total. The first-order valence-electron chi connectivity index (χ1n) is 3.13. The van der Waals surface area contributed by atoms with Crippen LogP contribution in [0.3, 0.4) is 0 Å². The third kappa shape index (κ3) is 1.76. The lowest BCUT2D eigenvalue weighted by Gasteiger charge is -1.97. The molecule has 0 saturated carbocycles. The number of nitriles is 1. The largest absolute Gasteiger partial charge is 0.285 e. The van der Waals surface area contributed by atoms with Crippen LogP contribution in [0.5, 0.6) is 0 Å². The van der Waals surface area contributed by atoms with Crippen LogP contribution in [0.2, 0.25) is 0 Å². The van der Waals surface area contributed by atoms with Crippen molar-refractivity contribution in [1.29, 1.82) is 5.26 Å². The van der Waals surface area contributed by atoms with Crippen LogP contribution in [-0.4, -0.2) is 4.92 Å². The number of rotatable bonds is 1. The number of nitro groups is 1. The lowest BCUT2D eigenvalue weighted by molar-refractivity contribution is -0.387. The van der Waals surface area contributed by atoms with Crippen molar-refractivity contribution in [2.24, 2.45) is 0 Å². The van der Waals surface area contributed by atoms with Gasteiger partial charge in [0, 0.05) is 0 Å². The number of nitro benzene ring substituents is 1. The van der Waals surface area contributed by atoms with E-state index in [-0.39, 0.29) is 10.5 Å². The van der Waals surface area contributed by atoms with Gasteiger partial charge in [-0.25, -0.2) is 4.39 Å². The lowest BCUT2D eigenvalue weighted by atomic mass is 10.2. The van der Waals surface area contributed by atoms with E-state index in [4.69, 9.17) is 5.26 Å². The third-order valence-corrected chi connectivity index (χ3v) is 1.74. The summed E-state index contributed by atoms with van der Waals surface area (Å²) in [6.07, 6.45) is 0. The summed E-state index contributed by atoms with van der Waals surface area (Å²) in [5, 5.41) is 18.7. The molecule has 0 aromatic heterocycles. The van der Waals surface area contributed by atoms with E-state index in [1.807, 2.05) is 0 Å². The Labute approximate surface area is 78.2 Å². The molecule has 66 valence electrons. The molecule has 0 N–H and O–H groups in total. The van der Waals surface area contributed by atoms with E-state index in [1.54, 1.807) is 6.07 Å². The van der Waals surface area contributed by atoms with Crippen molar-refractivity contribution in [1.82, 2.24) is 0 Å². The zero-order valence-corrected chi connectivity index (χ0v) is 7.09. The molecule has 0 fully saturated rings. The summed E-state index contributed by atoms with van der Waals surface area (Å²) in [6, 6.07) is 3.26. The third-order valence-electron chi connectivity index (χ3n) is 1.38. The predicted molar refractivity (Wildman–Crippen MR) is 45.0 cm³/mol. The fraction of sp³-hybridized carbons (Fsp3) is 0. The standard InChI is InChI=1S/C7H3FN2O2S/c8-5-2-6(10(11)12)7(13)1-4(5)3-9/h1-2,13H. The zero-order valence-electron chi connectivity index (χ0n) is 6.19. The molecule has 1 rings (SSSR count). The quantitative estimate of drug-likeness (QED) is 0.425. The number of halogens is 1. The van der Waals surface area contributed by atoms with Crippen LogP contribution in [0.4, 0.5) is 10.1 Å². The molecule has 0 spiro atoms. The van der Waals surface area contributed by atoms with Gasteiger partial charge >= 0.3 is 0 Å². The van der Waals surface area contributed by atoms with E-state index in [0.29, 0.717) is 6.07 Å². The maximum absolute atomic E-state index is 12.8. The Hall–Kier alpha value is -1.61. The van der Waals surface area contributed by atoms with Crippen LogP contribution in [0.15, 0.2) is 17.0 Å². The fourth-order valence-corrected chi connectivity index (χ4v) is 1.06. The van der Waals surface area contributed by atoms with Crippen molar-refractivity contribution in [3.8, 4) is 6.07 Å². The molecule has 0 unspecified atom stereocenters. The van der Waals surface area contributed by atoms with Gasteiger partial charge in [-0.15, -0.1) is 12.6 Å². The lowest BCUT2D eigenvalue weighted by Crippen LogP contribution is -1.93. The van der Waals surface area contributed by atoms with Crippen molar-refractivity contribution in [3.05, 3.63) is 33.6 Å². The Kier molecular flexibility index (Phi) is 2.49. The molecule has 0 bridgehead atoms. The number of thiol groups is 1. The van der Waals surface area contributed by atoms with E-state index in [0.717, 1.165) is 6.07 Å². The molecule has 1 aromatic carbocycles. The van der Waals surface area contributed by atoms with Gasteiger partial charge in [0.15, 0.2) is 0 Å². The van der Waals surface area contributed by atoms with Gasteiger partial charge in [-0.2, -0.15) is 5.26 Å². The van der Waals surface area contributed by atoms with Crippen LogP contribution in [0, 0.1) is 27.3 Å². The Morgan fingerprint density at radius 3 is 2.69 bits per heavy atom. The maximum atomic E-state index is 12.8. The van der Waals surface area contributed by atoms with Gasteiger partial charge in [-0.05, 0) is 6.07 Å². The van der Waals surface area contributed by atoms with Crippen molar-refractivity contribution in [3.63, 3.8) is 0 Å². The highest BCUT2D eigenvalue weighted by molar-refractivity contribution is 7.80. The van der Waals surface area contributed by atoms with Gasteiger partial charge in [-0.3, -0.25) is 10.1 Å². The molecule has 0 aliphatic rings. The van der Waals surface area contributed by atoms with Gasteiger partial charge in [-0.1, -0.05) is 0 Å². The topological polar surface area (TPSA) is 66.9 Å². The first-order valence-corrected chi connectivity index (χ1v) is 3.58. The molecular formula is C7H3FN2O2S. The van der Waals surface area contributed by atoms with E-state index < -0.39 is 16.4 Å². The summed E-state index contributed by atoms with van der Waals surface area (Å²) >= 11 is 3.75. The van der Waals surface area contributed by atoms with E-state index in [2.05, 4.69) is 12.6 Å². The number of hydrogen-bond donors (Lipinski definition) is 1. The zero-order chi connectivity index (χ0) is 10.0. The van der Waals surface area contributed by atoms with Gasteiger partial charge < -0.3 is 0 Å². The van der Waals surface area contributed by atoms with E-state index in [1.165, 1.54) is 0 Å². The van der Waals surface area contributed by atoms with Gasteiger partial charge in [0.25, 0.3) is 5.69 Å². The average molecular weight is 198 g/mol. The summed E-state index contributed by atoms with van der Waals surface area (Å²) in [7, 11) is 0. The van der Waals surface area contributed by atoms with Crippen molar-refractivity contribution in [2.45, 2.75) is 4.90 Å². The highest BCUT2D eigenvalue weighted by Crippen LogP contribution is 2.25. The van der Waals surface area contributed by atoms with E-state index >= 15 is 0 Å². The van der Waals surface area contributed by atoms with Crippen LogP contribution in [-0.2, 0) is 0 Å². The first-order chi connectivity index (χ1) is 6.06. The summed E-state index contributed by atoms with van der Waals surface area (Å²) in [5.41, 5.74) is -0.699. The van der Waals surface area contributed by atoms with Gasteiger partial charge in [0.1, 0.15) is 11.9 Å². The Bertz CT molecular complexity index is 414. The molecule has 0 saturated heterocycles. The second-order valence-electron chi connectivity index (χ2n) is 2.19. The molecule has 6 heteroatoms. The highest BCUT2D eigenvalue weighted by atomic mass is 32.1. The van der Waals surface area contributed by atoms with Crippen LogP contribution in [0.1, 0.15) is 5.56 Å². The normalized spacial score (nSPS) is 9.31. The molecule has 0 aliphatic heterocycles. The van der Waals surface area contributed by atoms with Crippen LogP contribution < -0.4 is 0 Å². The summed E-state index contributed by atoms with van der Waals surface area (Å²) in [6.45, 7) is 0. The van der Waals surface area contributed by atoms with Crippen LogP contribution >= 0.6 is 12.6 Å². The molecule has 0 radical (unpaired) electrons. The monoisotopic (exact) mass is 198 g/mol. The molecule has 0 aliphatic carbocycles.